The molecule has 1 aliphatic rings. The molecule has 0 bridgehead atoms. The maximum absolute atomic E-state index is 13.1. The number of nitrogens with one attached hydrogen (secondary N) is 1. The van der Waals surface area contributed by atoms with Crippen LogP contribution in [0.25, 0.3) is 0 Å². The lowest BCUT2D eigenvalue weighted by atomic mass is 10.1. The summed E-state index contributed by atoms with van der Waals surface area (Å²) in [5.41, 5.74) is 2.00. The van der Waals surface area contributed by atoms with Crippen LogP contribution >= 0.6 is 0 Å². The average Bonchev–Trinajstić information content (AvgIpc) is 2.83. The lowest BCUT2D eigenvalue weighted by Gasteiger charge is -2.38. The van der Waals surface area contributed by atoms with Gasteiger partial charge in [-0.1, -0.05) is 37.3 Å². The molecule has 1 atom stereocenters. The van der Waals surface area contributed by atoms with Crippen molar-refractivity contribution in [3.05, 3.63) is 60.2 Å². The molecule has 2 aromatic carbocycles. The van der Waals surface area contributed by atoms with E-state index in [9.17, 15) is 9.59 Å². The molecule has 1 fully saturated rings. The first-order chi connectivity index (χ1) is 15.5. The summed E-state index contributed by atoms with van der Waals surface area (Å²) in [4.78, 5) is 31.9. The third-order valence-corrected chi connectivity index (χ3v) is 5.96. The molecule has 0 aliphatic carbocycles. The highest BCUT2D eigenvalue weighted by atomic mass is 16.5. The van der Waals surface area contributed by atoms with Crippen molar-refractivity contribution in [1.29, 1.82) is 0 Å². The van der Waals surface area contributed by atoms with E-state index in [1.165, 1.54) is 5.56 Å². The van der Waals surface area contributed by atoms with Gasteiger partial charge in [0.15, 0.2) is 0 Å². The van der Waals surface area contributed by atoms with E-state index < -0.39 is 0 Å². The first kappa shape index (κ1) is 23.8. The van der Waals surface area contributed by atoms with Crippen molar-refractivity contribution < 1.29 is 14.3 Å². The van der Waals surface area contributed by atoms with E-state index in [1.54, 1.807) is 31.4 Å². The Morgan fingerprint density at radius 2 is 1.69 bits per heavy atom. The lowest BCUT2D eigenvalue weighted by Crippen LogP contribution is -2.54. The largest absolute Gasteiger partial charge is 0.497 e. The number of benzene rings is 2. The Hall–Kier alpha value is -2.90. The maximum atomic E-state index is 13.1. The van der Waals surface area contributed by atoms with E-state index >= 15 is 0 Å². The molecule has 2 aromatic rings. The van der Waals surface area contributed by atoms with Gasteiger partial charge in [-0.05, 0) is 43.3 Å². The summed E-state index contributed by atoms with van der Waals surface area (Å²) in [6.07, 6.45) is 0. The van der Waals surface area contributed by atoms with Gasteiger partial charge in [0, 0.05) is 38.4 Å². The number of ether oxygens (including phenoxy) is 1. The van der Waals surface area contributed by atoms with Crippen molar-refractivity contribution in [3.63, 3.8) is 0 Å². The SMILES string of the molecule is CCN(CC(=O)Nc1ccc(OC)cc1)C(C)C(=O)N1CCN(Cc2ccccc2)CC1. The van der Waals surface area contributed by atoms with Gasteiger partial charge in [0.05, 0.1) is 19.7 Å². The molecule has 0 radical (unpaired) electrons. The van der Waals surface area contributed by atoms with Gasteiger partial charge >= 0.3 is 0 Å². The average molecular weight is 439 g/mol. The van der Waals surface area contributed by atoms with Gasteiger partial charge in [-0.3, -0.25) is 19.4 Å². The summed E-state index contributed by atoms with van der Waals surface area (Å²) >= 11 is 0. The summed E-state index contributed by atoms with van der Waals surface area (Å²) in [7, 11) is 1.61. The Morgan fingerprint density at radius 3 is 2.28 bits per heavy atom. The monoisotopic (exact) mass is 438 g/mol. The van der Waals surface area contributed by atoms with Crippen LogP contribution in [0.3, 0.4) is 0 Å². The van der Waals surface area contributed by atoms with Crippen LogP contribution in [0.15, 0.2) is 54.6 Å². The van der Waals surface area contributed by atoms with Crippen LogP contribution in [0.1, 0.15) is 19.4 Å². The molecule has 2 amide bonds. The van der Waals surface area contributed by atoms with Gasteiger partial charge in [-0.25, -0.2) is 0 Å². The number of rotatable bonds is 9. The van der Waals surface area contributed by atoms with E-state index in [2.05, 4.69) is 34.5 Å². The molecule has 0 saturated carbocycles. The van der Waals surface area contributed by atoms with Crippen LogP contribution in [0.4, 0.5) is 5.69 Å². The highest BCUT2D eigenvalue weighted by Gasteiger charge is 2.29. The van der Waals surface area contributed by atoms with Gasteiger partial charge < -0.3 is 15.0 Å². The highest BCUT2D eigenvalue weighted by molar-refractivity contribution is 5.93. The molecule has 172 valence electrons. The topological polar surface area (TPSA) is 65.1 Å². The number of amides is 2. The Balaban J connectivity index is 1.48. The van der Waals surface area contributed by atoms with Gasteiger partial charge in [0.1, 0.15) is 5.75 Å². The molecule has 1 heterocycles. The van der Waals surface area contributed by atoms with E-state index in [0.717, 1.165) is 25.4 Å². The Morgan fingerprint density at radius 1 is 1.03 bits per heavy atom. The van der Waals surface area contributed by atoms with Crippen molar-refractivity contribution in [2.75, 3.05) is 51.7 Å². The normalized spacial score (nSPS) is 15.4. The van der Waals surface area contributed by atoms with Crippen molar-refractivity contribution in [2.24, 2.45) is 0 Å². The smallest absolute Gasteiger partial charge is 0.239 e. The zero-order valence-electron chi connectivity index (χ0n) is 19.3. The molecule has 1 unspecified atom stereocenters. The first-order valence-corrected chi connectivity index (χ1v) is 11.2. The Labute approximate surface area is 190 Å². The molecule has 7 nitrogen and oxygen atoms in total. The number of methoxy groups -OCH3 is 1. The Kier molecular flexibility index (Phi) is 8.64. The van der Waals surface area contributed by atoms with E-state index in [1.807, 2.05) is 29.7 Å². The molecular formula is C25H34N4O3. The number of hydrogen-bond donors (Lipinski definition) is 1. The van der Waals surface area contributed by atoms with Crippen LogP contribution in [0.5, 0.6) is 5.75 Å². The van der Waals surface area contributed by atoms with Crippen LogP contribution in [0.2, 0.25) is 0 Å². The molecule has 0 aromatic heterocycles. The summed E-state index contributed by atoms with van der Waals surface area (Å²) in [6.45, 7) is 8.71. The van der Waals surface area contributed by atoms with Gasteiger partial charge in [-0.2, -0.15) is 0 Å². The highest BCUT2D eigenvalue weighted by Crippen LogP contribution is 2.15. The summed E-state index contributed by atoms with van der Waals surface area (Å²) < 4.78 is 5.14. The molecule has 0 spiro atoms. The second kappa shape index (κ2) is 11.6. The van der Waals surface area contributed by atoms with Crippen LogP contribution < -0.4 is 10.1 Å². The van der Waals surface area contributed by atoms with E-state index in [0.29, 0.717) is 25.3 Å². The van der Waals surface area contributed by atoms with Crippen molar-refractivity contribution in [1.82, 2.24) is 14.7 Å². The minimum absolute atomic E-state index is 0.0865. The third-order valence-electron chi connectivity index (χ3n) is 5.96. The number of piperazine rings is 1. The standard InChI is InChI=1S/C25H34N4O3/c1-4-28(19-24(30)26-22-10-12-23(32-3)13-11-22)20(2)25(31)29-16-14-27(15-17-29)18-21-8-6-5-7-9-21/h5-13,20H,4,14-19H2,1-3H3,(H,26,30). The fourth-order valence-electron chi connectivity index (χ4n) is 3.97. The molecule has 3 rings (SSSR count). The predicted octanol–water partition coefficient (Wildman–Crippen LogP) is 2.69. The first-order valence-electron chi connectivity index (χ1n) is 11.2. The molecule has 7 heteroatoms. The van der Waals surface area contributed by atoms with Crippen molar-refractivity contribution >= 4 is 17.5 Å². The summed E-state index contributed by atoms with van der Waals surface area (Å²) in [5.74, 6) is 0.689. The third kappa shape index (κ3) is 6.55. The van der Waals surface area contributed by atoms with Crippen molar-refractivity contribution in [3.8, 4) is 5.75 Å². The van der Waals surface area contributed by atoms with Crippen LogP contribution in [-0.4, -0.2) is 78.9 Å². The fraction of sp³-hybridized carbons (Fsp3) is 0.440. The predicted molar refractivity (Wildman–Crippen MR) is 127 cm³/mol. The number of anilines is 1. The Bertz CT molecular complexity index is 865. The zero-order valence-corrected chi connectivity index (χ0v) is 19.3. The van der Waals surface area contributed by atoms with Crippen LogP contribution in [0, 0.1) is 0 Å². The molecule has 1 N–H and O–H groups in total. The summed E-state index contributed by atoms with van der Waals surface area (Å²) in [6, 6.07) is 17.3. The molecule has 32 heavy (non-hydrogen) atoms. The number of carbonyl (C=O) groups is 2. The number of carbonyl (C=O) groups excluding carboxylic acids is 2. The second-order valence-electron chi connectivity index (χ2n) is 8.10. The minimum Gasteiger partial charge on any atom is -0.497 e. The number of nitrogens with zero attached hydrogens (tertiary/aromatic N) is 3. The lowest BCUT2D eigenvalue weighted by molar-refractivity contribution is -0.138. The second-order valence-corrected chi connectivity index (χ2v) is 8.10. The van der Waals surface area contributed by atoms with E-state index in [4.69, 9.17) is 4.74 Å². The number of likely N-dealkylation sites (N-methyl/N-ethyl adjacent to an activating group) is 1. The van der Waals surface area contributed by atoms with E-state index in [-0.39, 0.29) is 24.4 Å². The maximum Gasteiger partial charge on any atom is 0.239 e. The van der Waals surface area contributed by atoms with Gasteiger partial charge in [0.25, 0.3) is 0 Å². The minimum atomic E-state index is -0.345. The molecular weight excluding hydrogens is 404 g/mol. The summed E-state index contributed by atoms with van der Waals surface area (Å²) in [5, 5.41) is 2.89. The van der Waals surface area contributed by atoms with Crippen LogP contribution in [-0.2, 0) is 16.1 Å². The zero-order chi connectivity index (χ0) is 22.9. The molecule has 1 aliphatic heterocycles. The van der Waals surface area contributed by atoms with Gasteiger partial charge in [0.2, 0.25) is 11.8 Å². The fourth-order valence-corrected chi connectivity index (χ4v) is 3.97. The van der Waals surface area contributed by atoms with Crippen molar-refractivity contribution in [2.45, 2.75) is 26.4 Å². The quantitative estimate of drug-likeness (QED) is 0.652. The van der Waals surface area contributed by atoms with Gasteiger partial charge in [-0.15, -0.1) is 0 Å². The molecule has 1 saturated heterocycles. The number of hydrogen-bond acceptors (Lipinski definition) is 5.